The number of benzene rings is 3. The zero-order valence-corrected chi connectivity index (χ0v) is 20.7. The molecule has 1 unspecified atom stereocenters. The maximum atomic E-state index is 12.9. The first-order valence-electron chi connectivity index (χ1n) is 12.5. The minimum absolute atomic E-state index is 0.0143. The Morgan fingerprint density at radius 2 is 1.65 bits per heavy atom. The van der Waals surface area contributed by atoms with Crippen LogP contribution in [0, 0.1) is 0 Å². The van der Waals surface area contributed by atoms with Gasteiger partial charge >= 0.3 is 6.03 Å². The predicted molar refractivity (Wildman–Crippen MR) is 144 cm³/mol. The lowest BCUT2D eigenvalue weighted by molar-refractivity contribution is -0.121. The Kier molecular flexibility index (Phi) is 9.26. The quantitative estimate of drug-likeness (QED) is 0.263. The van der Waals surface area contributed by atoms with E-state index in [0.29, 0.717) is 25.2 Å². The number of rotatable bonds is 9. The molecule has 3 aromatic rings. The van der Waals surface area contributed by atoms with Gasteiger partial charge in [-0.15, -0.1) is 0 Å². The number of nitrogens with zero attached hydrogens (tertiary/aromatic N) is 1. The Morgan fingerprint density at radius 1 is 0.946 bits per heavy atom. The van der Waals surface area contributed by atoms with Crippen molar-refractivity contribution >= 4 is 23.6 Å². The molecule has 1 aliphatic heterocycles. The summed E-state index contributed by atoms with van der Waals surface area (Å²) in [5, 5.41) is 8.28. The lowest BCUT2D eigenvalue weighted by Crippen LogP contribution is -2.45. The van der Waals surface area contributed by atoms with Crippen LogP contribution in [0.1, 0.15) is 41.9 Å². The first kappa shape index (κ1) is 25.9. The molecule has 1 atom stereocenters. The van der Waals surface area contributed by atoms with Crippen molar-refractivity contribution in [2.24, 2.45) is 10.7 Å². The zero-order valence-electron chi connectivity index (χ0n) is 20.7. The number of nitrogens with two attached hydrogens (primary N) is 1. The Balaban J connectivity index is 1.31. The van der Waals surface area contributed by atoms with E-state index in [1.165, 1.54) is 0 Å². The topological polar surface area (TPSA) is 118 Å². The van der Waals surface area contributed by atoms with Crippen LogP contribution in [-0.4, -0.2) is 37.2 Å². The lowest BCUT2D eigenvalue weighted by atomic mass is 9.88. The van der Waals surface area contributed by atoms with E-state index >= 15 is 0 Å². The number of urea groups is 1. The fourth-order valence-corrected chi connectivity index (χ4v) is 4.33. The molecule has 0 aliphatic carbocycles. The van der Waals surface area contributed by atoms with Crippen LogP contribution in [-0.2, 0) is 16.1 Å². The van der Waals surface area contributed by atoms with Crippen molar-refractivity contribution in [2.45, 2.75) is 37.8 Å². The van der Waals surface area contributed by atoms with E-state index in [1.807, 2.05) is 78.9 Å². The van der Waals surface area contributed by atoms with Gasteiger partial charge in [0.2, 0.25) is 11.9 Å². The summed E-state index contributed by atoms with van der Waals surface area (Å²) in [7, 11) is 0. The molecule has 0 bridgehead atoms. The first-order chi connectivity index (χ1) is 18.1. The number of ether oxygens (including phenoxy) is 1. The van der Waals surface area contributed by atoms with E-state index in [4.69, 9.17) is 10.5 Å². The Hall–Kier alpha value is -4.17. The number of carbonyl (C=O) groups is 2. The van der Waals surface area contributed by atoms with Gasteiger partial charge in [-0.25, -0.2) is 9.79 Å². The second kappa shape index (κ2) is 13.2. The van der Waals surface area contributed by atoms with Crippen molar-refractivity contribution in [3.63, 3.8) is 0 Å². The third-order valence-corrected chi connectivity index (χ3v) is 6.20. The fourth-order valence-electron chi connectivity index (χ4n) is 4.33. The lowest BCUT2D eigenvalue weighted by Gasteiger charge is -2.18. The summed E-state index contributed by atoms with van der Waals surface area (Å²) < 4.78 is 5.49. The monoisotopic (exact) mass is 499 g/mol. The number of hydrogen-bond acceptors (Lipinski definition) is 4. The average Bonchev–Trinajstić information content (AvgIpc) is 3.44. The smallest absolute Gasteiger partial charge is 0.321 e. The molecule has 8 nitrogen and oxygen atoms in total. The van der Waals surface area contributed by atoms with Gasteiger partial charge in [-0.2, -0.15) is 0 Å². The molecule has 4 rings (SSSR count). The molecule has 1 fully saturated rings. The third-order valence-electron chi connectivity index (χ3n) is 6.20. The summed E-state index contributed by atoms with van der Waals surface area (Å²) in [6, 6.07) is 27.0. The minimum Gasteiger partial charge on any atom is -0.376 e. The van der Waals surface area contributed by atoms with Gasteiger partial charge in [-0.05, 0) is 41.7 Å². The molecule has 0 aromatic heterocycles. The summed E-state index contributed by atoms with van der Waals surface area (Å²) in [6.07, 6.45) is 2.33. The van der Waals surface area contributed by atoms with Crippen LogP contribution in [0.4, 0.5) is 10.5 Å². The molecule has 1 heterocycles. The second-order valence-electron chi connectivity index (χ2n) is 8.99. The van der Waals surface area contributed by atoms with Crippen LogP contribution >= 0.6 is 0 Å². The molecule has 0 spiro atoms. The number of guanidine groups is 1. The average molecular weight is 500 g/mol. The van der Waals surface area contributed by atoms with Gasteiger partial charge in [0.1, 0.15) is 0 Å². The summed E-state index contributed by atoms with van der Waals surface area (Å²) in [6.45, 7) is 1.52. The highest BCUT2D eigenvalue weighted by Gasteiger charge is 2.18. The van der Waals surface area contributed by atoms with Gasteiger partial charge in [-0.3, -0.25) is 10.1 Å². The molecule has 1 saturated heterocycles. The fraction of sp³-hybridized carbons (Fsp3) is 0.276. The number of amides is 3. The normalized spacial score (nSPS) is 15.4. The highest BCUT2D eigenvalue weighted by molar-refractivity contribution is 5.96. The van der Waals surface area contributed by atoms with E-state index in [9.17, 15) is 9.59 Å². The zero-order chi connectivity index (χ0) is 25.9. The van der Waals surface area contributed by atoms with Gasteiger partial charge < -0.3 is 21.1 Å². The van der Waals surface area contributed by atoms with E-state index in [1.54, 1.807) is 6.07 Å². The molecular weight excluding hydrogens is 466 g/mol. The molecule has 1 aliphatic rings. The van der Waals surface area contributed by atoms with Gasteiger partial charge in [0.25, 0.3) is 0 Å². The van der Waals surface area contributed by atoms with E-state index in [-0.39, 0.29) is 23.9 Å². The summed E-state index contributed by atoms with van der Waals surface area (Å²) in [5.41, 5.74) is 9.56. The second-order valence-corrected chi connectivity index (χ2v) is 8.99. The van der Waals surface area contributed by atoms with Crippen molar-refractivity contribution in [1.29, 1.82) is 0 Å². The Morgan fingerprint density at radius 3 is 2.30 bits per heavy atom. The molecule has 3 amide bonds. The van der Waals surface area contributed by atoms with Crippen LogP contribution in [0.15, 0.2) is 89.9 Å². The van der Waals surface area contributed by atoms with Crippen LogP contribution < -0.4 is 21.7 Å². The van der Waals surface area contributed by atoms with Crippen molar-refractivity contribution in [3.8, 4) is 0 Å². The Bertz CT molecular complexity index is 1150. The molecule has 5 N–H and O–H groups in total. The summed E-state index contributed by atoms with van der Waals surface area (Å²) in [5.74, 6) is -0.0918. The molecular formula is C29H33N5O3. The summed E-state index contributed by atoms with van der Waals surface area (Å²) >= 11 is 0. The Labute approximate surface area is 217 Å². The van der Waals surface area contributed by atoms with Crippen molar-refractivity contribution in [3.05, 3.63) is 102 Å². The maximum Gasteiger partial charge on any atom is 0.321 e. The number of hydrogen-bond donors (Lipinski definition) is 4. The van der Waals surface area contributed by atoms with Gasteiger partial charge in [0.05, 0.1) is 11.8 Å². The van der Waals surface area contributed by atoms with Crippen molar-refractivity contribution in [1.82, 2.24) is 16.0 Å². The highest BCUT2D eigenvalue weighted by atomic mass is 16.5. The largest absolute Gasteiger partial charge is 0.376 e. The SMILES string of the molecule is NC(=Nc1cccc(CNC(=O)CC(c2ccccc2)c2ccccc2)c1)NC(=O)NCC1CCCO1. The molecule has 0 radical (unpaired) electrons. The number of carbonyl (C=O) groups excluding carboxylic acids is 2. The van der Waals surface area contributed by atoms with Crippen LogP contribution in [0.2, 0.25) is 0 Å². The first-order valence-corrected chi connectivity index (χ1v) is 12.5. The van der Waals surface area contributed by atoms with E-state index < -0.39 is 6.03 Å². The number of nitrogens with one attached hydrogen (secondary N) is 3. The molecule has 192 valence electrons. The van der Waals surface area contributed by atoms with E-state index in [0.717, 1.165) is 36.1 Å². The van der Waals surface area contributed by atoms with Gasteiger partial charge in [0, 0.05) is 32.0 Å². The van der Waals surface area contributed by atoms with Gasteiger partial charge in [0.15, 0.2) is 0 Å². The standard InChI is InChI=1S/C29H33N5O3/c30-28(34-29(36)32-20-25-15-8-16-37-25)33-24-14-7-9-21(17-24)19-31-27(35)18-26(22-10-3-1-4-11-22)23-12-5-2-6-13-23/h1-7,9-14,17,25-26H,8,15-16,18-20H2,(H,31,35)(H4,30,32,33,34,36). The number of aliphatic imine (C=N–C) groups is 1. The molecule has 3 aromatic carbocycles. The third kappa shape index (κ3) is 8.18. The van der Waals surface area contributed by atoms with Crippen LogP contribution in [0.25, 0.3) is 0 Å². The van der Waals surface area contributed by atoms with Crippen LogP contribution in [0.5, 0.6) is 0 Å². The van der Waals surface area contributed by atoms with Crippen molar-refractivity contribution in [2.75, 3.05) is 13.2 Å². The molecule has 0 saturated carbocycles. The van der Waals surface area contributed by atoms with Crippen molar-refractivity contribution < 1.29 is 14.3 Å². The minimum atomic E-state index is -0.424. The predicted octanol–water partition coefficient (Wildman–Crippen LogP) is 3.95. The maximum absolute atomic E-state index is 12.9. The van der Waals surface area contributed by atoms with Gasteiger partial charge in [-0.1, -0.05) is 72.8 Å². The highest BCUT2D eigenvalue weighted by Crippen LogP contribution is 2.27. The van der Waals surface area contributed by atoms with Crippen LogP contribution in [0.3, 0.4) is 0 Å². The van der Waals surface area contributed by atoms with E-state index in [2.05, 4.69) is 20.9 Å². The summed E-state index contributed by atoms with van der Waals surface area (Å²) in [4.78, 5) is 29.2. The molecule has 8 heteroatoms. The molecule has 37 heavy (non-hydrogen) atoms.